The van der Waals surface area contributed by atoms with Gasteiger partial charge in [0.25, 0.3) is 0 Å². The summed E-state index contributed by atoms with van der Waals surface area (Å²) >= 11 is 0. The second kappa shape index (κ2) is 7.27. The van der Waals surface area contributed by atoms with Gasteiger partial charge in [-0.3, -0.25) is 4.79 Å². The summed E-state index contributed by atoms with van der Waals surface area (Å²) in [6, 6.07) is 8.69. The maximum atomic E-state index is 13.2. The number of nitrogens with zero attached hydrogens (tertiary/aromatic N) is 3. The van der Waals surface area contributed by atoms with Crippen molar-refractivity contribution >= 4 is 16.9 Å². The van der Waals surface area contributed by atoms with Gasteiger partial charge in [-0.15, -0.1) is 0 Å². The van der Waals surface area contributed by atoms with Gasteiger partial charge in [-0.2, -0.15) is 0 Å². The number of carbonyl (C=O) groups excluding carboxylic acids is 1. The first-order chi connectivity index (χ1) is 13.0. The van der Waals surface area contributed by atoms with Crippen molar-refractivity contribution < 1.29 is 4.79 Å². The van der Waals surface area contributed by atoms with Gasteiger partial charge in [-0.05, 0) is 51.7 Å². The molecule has 1 aromatic carbocycles. The van der Waals surface area contributed by atoms with Crippen molar-refractivity contribution in [1.82, 2.24) is 14.5 Å². The van der Waals surface area contributed by atoms with E-state index in [0.717, 1.165) is 63.0 Å². The highest BCUT2D eigenvalue weighted by Crippen LogP contribution is 2.34. The number of hydrogen-bond acceptors (Lipinski definition) is 3. The van der Waals surface area contributed by atoms with Crippen LogP contribution in [-0.4, -0.2) is 39.0 Å². The maximum absolute atomic E-state index is 13.2. The van der Waals surface area contributed by atoms with Crippen LogP contribution in [0, 0.1) is 0 Å². The lowest BCUT2D eigenvalue weighted by atomic mass is 9.81. The number of hydrogen-bond donors (Lipinski definition) is 1. The molecule has 1 saturated heterocycles. The molecule has 2 heterocycles. The highest BCUT2D eigenvalue weighted by atomic mass is 16.2. The van der Waals surface area contributed by atoms with Crippen LogP contribution in [0.5, 0.6) is 0 Å². The van der Waals surface area contributed by atoms with Crippen LogP contribution in [0.1, 0.15) is 76.6 Å². The van der Waals surface area contributed by atoms with E-state index in [-0.39, 0.29) is 11.8 Å². The highest BCUT2D eigenvalue weighted by Gasteiger charge is 2.40. The van der Waals surface area contributed by atoms with Gasteiger partial charge in [0.1, 0.15) is 5.82 Å². The lowest BCUT2D eigenvalue weighted by molar-refractivity contribution is -0.139. The molecule has 0 bridgehead atoms. The number of likely N-dealkylation sites (tertiary alicyclic amines) is 1. The Bertz CT molecular complexity index is 819. The van der Waals surface area contributed by atoms with E-state index < -0.39 is 5.54 Å². The summed E-state index contributed by atoms with van der Waals surface area (Å²) < 4.78 is 2.35. The molecule has 2 fully saturated rings. The summed E-state index contributed by atoms with van der Waals surface area (Å²) in [7, 11) is 0. The zero-order valence-corrected chi connectivity index (χ0v) is 16.7. The van der Waals surface area contributed by atoms with Gasteiger partial charge in [-0.1, -0.05) is 31.4 Å². The first-order valence-corrected chi connectivity index (χ1v) is 10.5. The molecule has 1 saturated carbocycles. The van der Waals surface area contributed by atoms with E-state index in [1.807, 2.05) is 11.0 Å². The number of benzene rings is 1. The molecule has 1 aliphatic carbocycles. The van der Waals surface area contributed by atoms with Crippen LogP contribution in [0.2, 0.25) is 0 Å². The van der Waals surface area contributed by atoms with E-state index in [4.69, 9.17) is 10.7 Å². The molecule has 0 spiro atoms. The Labute approximate surface area is 161 Å². The number of piperidine rings is 1. The van der Waals surface area contributed by atoms with Crippen molar-refractivity contribution in [2.24, 2.45) is 5.73 Å². The summed E-state index contributed by atoms with van der Waals surface area (Å²) in [5.41, 5.74) is 8.14. The number of aromatic nitrogens is 2. The molecular formula is C22H32N4O. The predicted octanol–water partition coefficient (Wildman–Crippen LogP) is 3.98. The van der Waals surface area contributed by atoms with Crippen LogP contribution in [0.15, 0.2) is 24.3 Å². The minimum atomic E-state index is -0.641. The van der Waals surface area contributed by atoms with Gasteiger partial charge >= 0.3 is 0 Å². The summed E-state index contributed by atoms with van der Waals surface area (Å²) in [6.07, 6.45) is 7.11. The molecule has 4 rings (SSSR count). The average molecular weight is 369 g/mol. The second-order valence-corrected chi connectivity index (χ2v) is 8.73. The van der Waals surface area contributed by atoms with Crippen molar-refractivity contribution in [2.45, 2.75) is 76.3 Å². The van der Waals surface area contributed by atoms with Crippen LogP contribution in [0.25, 0.3) is 11.0 Å². The largest absolute Gasteiger partial charge is 0.340 e. The maximum Gasteiger partial charge on any atom is 0.242 e. The number of para-hydroxylation sites is 2. The smallest absolute Gasteiger partial charge is 0.242 e. The normalized spacial score (nSPS) is 23.1. The molecule has 2 N–H and O–H groups in total. The third-order valence-electron chi connectivity index (χ3n) is 6.38. The molecule has 1 amide bonds. The molecule has 1 atom stereocenters. The number of imidazole rings is 1. The topological polar surface area (TPSA) is 64.2 Å². The quantitative estimate of drug-likeness (QED) is 0.891. The van der Waals surface area contributed by atoms with Crippen LogP contribution in [-0.2, 0) is 4.79 Å². The molecule has 0 radical (unpaired) electrons. The fourth-order valence-electron chi connectivity index (χ4n) is 4.98. The summed E-state index contributed by atoms with van der Waals surface area (Å²) in [6.45, 7) is 5.99. The van der Waals surface area contributed by atoms with Crippen molar-refractivity contribution in [3.63, 3.8) is 0 Å². The zero-order valence-electron chi connectivity index (χ0n) is 16.7. The minimum Gasteiger partial charge on any atom is -0.340 e. The Morgan fingerprint density at radius 2 is 1.93 bits per heavy atom. The summed E-state index contributed by atoms with van der Waals surface area (Å²) in [4.78, 5) is 20.2. The first kappa shape index (κ1) is 18.5. The Balaban J connectivity index is 1.61. The summed E-state index contributed by atoms with van der Waals surface area (Å²) in [5, 5.41) is 0. The lowest BCUT2D eigenvalue weighted by Crippen LogP contribution is -2.57. The van der Waals surface area contributed by atoms with Crippen molar-refractivity contribution in [1.29, 1.82) is 0 Å². The van der Waals surface area contributed by atoms with Crippen LogP contribution in [0.3, 0.4) is 0 Å². The van der Waals surface area contributed by atoms with Gasteiger partial charge in [0.2, 0.25) is 5.91 Å². The van der Waals surface area contributed by atoms with E-state index >= 15 is 0 Å². The Morgan fingerprint density at radius 3 is 2.67 bits per heavy atom. The molecule has 2 aliphatic rings. The first-order valence-electron chi connectivity index (χ1n) is 10.5. The molecule has 5 heteroatoms. The molecule has 27 heavy (non-hydrogen) atoms. The van der Waals surface area contributed by atoms with E-state index in [9.17, 15) is 4.79 Å². The number of amides is 1. The Kier molecular flexibility index (Phi) is 4.97. The summed E-state index contributed by atoms with van der Waals surface area (Å²) in [5.74, 6) is 1.57. The monoisotopic (exact) mass is 368 g/mol. The minimum absolute atomic E-state index is 0.166. The lowest BCUT2D eigenvalue weighted by Gasteiger charge is -2.40. The van der Waals surface area contributed by atoms with Crippen LogP contribution in [0.4, 0.5) is 0 Å². The van der Waals surface area contributed by atoms with Gasteiger partial charge in [-0.25, -0.2) is 4.98 Å². The number of rotatable bonds is 3. The molecule has 146 valence electrons. The Hall–Kier alpha value is -1.88. The molecule has 5 nitrogen and oxygen atoms in total. The van der Waals surface area contributed by atoms with Crippen molar-refractivity contribution in [3.05, 3.63) is 30.1 Å². The van der Waals surface area contributed by atoms with E-state index in [0.29, 0.717) is 6.04 Å². The highest BCUT2D eigenvalue weighted by molar-refractivity contribution is 5.86. The van der Waals surface area contributed by atoms with Gasteiger partial charge in [0.15, 0.2) is 0 Å². The van der Waals surface area contributed by atoms with Gasteiger partial charge < -0.3 is 15.2 Å². The third-order valence-corrected chi connectivity index (χ3v) is 6.38. The predicted molar refractivity (Wildman–Crippen MR) is 109 cm³/mol. The fourth-order valence-corrected chi connectivity index (χ4v) is 4.98. The van der Waals surface area contributed by atoms with E-state index in [1.165, 1.54) is 11.9 Å². The second-order valence-electron chi connectivity index (χ2n) is 8.73. The van der Waals surface area contributed by atoms with E-state index in [1.54, 1.807) is 0 Å². The molecule has 2 aromatic rings. The fraction of sp³-hybridized carbons (Fsp3) is 0.636. The van der Waals surface area contributed by atoms with Crippen LogP contribution >= 0.6 is 0 Å². The van der Waals surface area contributed by atoms with Gasteiger partial charge in [0.05, 0.1) is 16.6 Å². The molecule has 1 aromatic heterocycles. The van der Waals surface area contributed by atoms with Gasteiger partial charge in [0, 0.05) is 25.0 Å². The molecular weight excluding hydrogens is 336 g/mol. The van der Waals surface area contributed by atoms with Crippen molar-refractivity contribution in [3.8, 4) is 0 Å². The zero-order chi connectivity index (χ0) is 19.0. The van der Waals surface area contributed by atoms with E-state index in [2.05, 4.69) is 36.6 Å². The number of carbonyl (C=O) groups is 1. The standard InChI is InChI=1S/C22H32N4O/c1-16(2)26-19-11-5-4-10-18(19)24-20(26)17-9-8-14-25(15-17)21(27)22(23)12-6-3-7-13-22/h4-5,10-11,16-17H,3,6-9,12-15,23H2,1-2H3. The number of fused-ring (bicyclic) bond motifs is 1. The average Bonchev–Trinajstić information content (AvgIpc) is 3.08. The SMILES string of the molecule is CC(C)n1c(C2CCCN(C(=O)C3(N)CCCCC3)C2)nc2ccccc21. The molecule has 1 unspecified atom stereocenters. The molecule has 1 aliphatic heterocycles. The van der Waals surface area contributed by atoms with Crippen LogP contribution < -0.4 is 5.73 Å². The Morgan fingerprint density at radius 1 is 1.19 bits per heavy atom. The van der Waals surface area contributed by atoms with Crippen molar-refractivity contribution in [2.75, 3.05) is 13.1 Å². The third kappa shape index (κ3) is 3.38. The number of nitrogens with two attached hydrogens (primary N) is 1.